The molecule has 2 bridgehead atoms. The summed E-state index contributed by atoms with van der Waals surface area (Å²) < 4.78 is 3.18. The normalized spacial score (nSPS) is 27.7. The Labute approximate surface area is 156 Å². The van der Waals surface area contributed by atoms with E-state index < -0.39 is 0 Å². The molecule has 0 unspecified atom stereocenters. The first-order chi connectivity index (χ1) is 12.7. The third kappa shape index (κ3) is 2.56. The second-order valence-corrected chi connectivity index (χ2v) is 8.30. The lowest BCUT2D eigenvalue weighted by Crippen LogP contribution is -2.62. The first-order valence-corrected chi connectivity index (χ1v) is 10.1. The Morgan fingerprint density at radius 1 is 1.27 bits per heavy atom. The van der Waals surface area contributed by atoms with Crippen molar-refractivity contribution < 1.29 is 4.79 Å². The minimum atomic E-state index is -0.0536. The van der Waals surface area contributed by atoms with Crippen LogP contribution in [0.15, 0.2) is 42.2 Å². The van der Waals surface area contributed by atoms with E-state index in [0.717, 1.165) is 28.9 Å². The van der Waals surface area contributed by atoms with Crippen LogP contribution in [0, 0.1) is 5.92 Å². The molecule has 3 aromatic heterocycles. The molecular weight excluding hydrogens is 344 g/mol. The summed E-state index contributed by atoms with van der Waals surface area (Å²) in [4.78, 5) is 19.8. The minimum Gasteiger partial charge on any atom is -0.346 e. The van der Waals surface area contributed by atoms with Crippen molar-refractivity contribution in [3.63, 3.8) is 0 Å². The Morgan fingerprint density at radius 2 is 2.04 bits per heavy atom. The molecule has 0 saturated carbocycles. The molecule has 0 aliphatic carbocycles. The summed E-state index contributed by atoms with van der Waals surface area (Å²) in [6.45, 7) is 4.56. The number of nitrogens with zero attached hydrogens (tertiary/aromatic N) is 3. The average molecular weight is 366 g/mol. The zero-order valence-electron chi connectivity index (χ0n) is 14.8. The maximum absolute atomic E-state index is 12.9. The number of hydrogen-bond acceptors (Lipinski definition) is 4. The summed E-state index contributed by atoms with van der Waals surface area (Å²) in [5.74, 6) is 0.543. The summed E-state index contributed by atoms with van der Waals surface area (Å²) >= 11 is 1.66. The molecule has 3 saturated heterocycles. The number of amides is 1. The monoisotopic (exact) mass is 366 g/mol. The average Bonchev–Trinajstić information content (AvgIpc) is 3.33. The zero-order valence-corrected chi connectivity index (χ0v) is 15.6. The topological polar surface area (TPSA) is 50.2 Å². The van der Waals surface area contributed by atoms with Crippen LogP contribution in [0.4, 0.5) is 0 Å². The molecule has 3 aliphatic heterocycles. The molecule has 3 aliphatic rings. The summed E-state index contributed by atoms with van der Waals surface area (Å²) in [5.41, 5.74) is 1.61. The van der Waals surface area contributed by atoms with Gasteiger partial charge in [0.25, 0.3) is 5.91 Å². The maximum atomic E-state index is 12.9. The highest BCUT2D eigenvalue weighted by Gasteiger charge is 2.40. The van der Waals surface area contributed by atoms with E-state index in [0.29, 0.717) is 17.7 Å². The second kappa shape index (κ2) is 6.21. The van der Waals surface area contributed by atoms with Crippen molar-refractivity contribution in [1.29, 1.82) is 0 Å². The molecular formula is C20H22N4OS. The van der Waals surface area contributed by atoms with Gasteiger partial charge < -0.3 is 9.88 Å². The minimum absolute atomic E-state index is 0.0536. The van der Waals surface area contributed by atoms with Gasteiger partial charge in [0.15, 0.2) is 0 Å². The number of piperidine rings is 3. The molecule has 0 aromatic carbocycles. The molecule has 1 N–H and O–H groups in total. The molecule has 3 aromatic rings. The van der Waals surface area contributed by atoms with Crippen molar-refractivity contribution in [3.05, 3.63) is 47.9 Å². The summed E-state index contributed by atoms with van der Waals surface area (Å²) in [6.07, 6.45) is 8.24. The van der Waals surface area contributed by atoms with Crippen molar-refractivity contribution in [3.8, 4) is 5.69 Å². The van der Waals surface area contributed by atoms with E-state index in [4.69, 9.17) is 0 Å². The Morgan fingerprint density at radius 3 is 2.77 bits per heavy atom. The number of fused-ring (bicyclic) bond motifs is 4. The fraction of sp³-hybridized carbons (Fsp3) is 0.400. The van der Waals surface area contributed by atoms with Crippen LogP contribution in [0.25, 0.3) is 15.8 Å². The van der Waals surface area contributed by atoms with Gasteiger partial charge in [-0.25, -0.2) is 4.98 Å². The smallest absolute Gasteiger partial charge is 0.270 e. The van der Waals surface area contributed by atoms with Crippen molar-refractivity contribution in [2.45, 2.75) is 31.8 Å². The van der Waals surface area contributed by atoms with Crippen LogP contribution >= 0.6 is 11.3 Å². The van der Waals surface area contributed by atoms with Crippen LogP contribution in [0.2, 0.25) is 0 Å². The molecule has 134 valence electrons. The van der Waals surface area contributed by atoms with Crippen molar-refractivity contribution >= 4 is 27.3 Å². The highest BCUT2D eigenvalue weighted by molar-refractivity contribution is 7.17. The largest absolute Gasteiger partial charge is 0.346 e. The van der Waals surface area contributed by atoms with E-state index in [-0.39, 0.29) is 11.9 Å². The maximum Gasteiger partial charge on any atom is 0.270 e. The van der Waals surface area contributed by atoms with Crippen LogP contribution in [0.5, 0.6) is 0 Å². The van der Waals surface area contributed by atoms with Crippen LogP contribution < -0.4 is 5.32 Å². The number of carbonyl (C=O) groups excluding carboxylic acids is 1. The number of pyridine rings is 1. The van der Waals surface area contributed by atoms with Gasteiger partial charge in [-0.15, -0.1) is 11.3 Å². The third-order valence-corrected chi connectivity index (χ3v) is 6.95. The standard InChI is InChI=1S/C20H22N4OS/c1-13-19(14-4-8-23(13)9-5-14)22-20(25)16-10-15-17(24-6-2-3-7-24)12-26-18(15)11-21-16/h2-3,6-7,10-14,19H,4-5,8-9H2,1H3,(H,22,25)/t13-,19-/m0/s1. The molecule has 3 fully saturated rings. The van der Waals surface area contributed by atoms with E-state index in [1.807, 2.05) is 36.8 Å². The number of nitrogens with one attached hydrogen (secondary N) is 1. The number of rotatable bonds is 3. The van der Waals surface area contributed by atoms with E-state index in [1.165, 1.54) is 12.8 Å². The molecule has 1 amide bonds. The number of hydrogen-bond donors (Lipinski definition) is 1. The fourth-order valence-corrected chi connectivity index (χ4v) is 5.40. The van der Waals surface area contributed by atoms with Gasteiger partial charge in [-0.2, -0.15) is 0 Å². The quantitative estimate of drug-likeness (QED) is 0.774. The lowest BCUT2D eigenvalue weighted by atomic mass is 9.79. The van der Waals surface area contributed by atoms with Crippen LogP contribution in [-0.4, -0.2) is 45.5 Å². The van der Waals surface area contributed by atoms with Crippen LogP contribution in [0.1, 0.15) is 30.3 Å². The Hall–Kier alpha value is -2.18. The van der Waals surface area contributed by atoms with Crippen molar-refractivity contribution in [2.75, 3.05) is 13.1 Å². The van der Waals surface area contributed by atoms with Crippen molar-refractivity contribution in [1.82, 2.24) is 19.8 Å². The first kappa shape index (κ1) is 16.0. The van der Waals surface area contributed by atoms with Gasteiger partial charge in [-0.3, -0.25) is 9.69 Å². The lowest BCUT2D eigenvalue weighted by Gasteiger charge is -2.49. The van der Waals surface area contributed by atoms with Gasteiger partial charge in [0.1, 0.15) is 5.69 Å². The summed E-state index contributed by atoms with van der Waals surface area (Å²) in [6, 6.07) is 6.59. The number of aromatic nitrogens is 2. The summed E-state index contributed by atoms with van der Waals surface area (Å²) in [7, 11) is 0. The van der Waals surface area contributed by atoms with E-state index >= 15 is 0 Å². The van der Waals surface area contributed by atoms with E-state index in [1.54, 1.807) is 11.3 Å². The Balaban J connectivity index is 1.43. The molecule has 6 heteroatoms. The van der Waals surface area contributed by atoms with Gasteiger partial charge in [0.2, 0.25) is 0 Å². The predicted molar refractivity (Wildman–Crippen MR) is 104 cm³/mol. The molecule has 0 radical (unpaired) electrons. The zero-order chi connectivity index (χ0) is 17.7. The number of carbonyl (C=O) groups is 1. The van der Waals surface area contributed by atoms with Crippen LogP contribution in [-0.2, 0) is 0 Å². The predicted octanol–water partition coefficient (Wildman–Crippen LogP) is 3.30. The van der Waals surface area contributed by atoms with Gasteiger partial charge in [-0.05, 0) is 57.0 Å². The summed E-state index contributed by atoms with van der Waals surface area (Å²) in [5, 5.41) is 6.47. The lowest BCUT2D eigenvalue weighted by molar-refractivity contribution is 0.0216. The van der Waals surface area contributed by atoms with E-state index in [2.05, 4.69) is 32.1 Å². The number of thiophene rings is 1. The van der Waals surface area contributed by atoms with Crippen molar-refractivity contribution in [2.24, 2.45) is 5.92 Å². The van der Waals surface area contributed by atoms with Gasteiger partial charge in [-0.1, -0.05) is 0 Å². The highest BCUT2D eigenvalue weighted by Crippen LogP contribution is 2.33. The molecule has 26 heavy (non-hydrogen) atoms. The Bertz CT molecular complexity index is 938. The van der Waals surface area contributed by atoms with Gasteiger partial charge >= 0.3 is 0 Å². The Kier molecular flexibility index (Phi) is 3.83. The molecule has 5 nitrogen and oxygen atoms in total. The fourth-order valence-electron chi connectivity index (χ4n) is 4.51. The molecule has 6 rings (SSSR count). The third-order valence-electron chi connectivity index (χ3n) is 6.03. The van der Waals surface area contributed by atoms with Gasteiger partial charge in [0.05, 0.1) is 10.4 Å². The van der Waals surface area contributed by atoms with Crippen LogP contribution in [0.3, 0.4) is 0 Å². The molecule has 2 atom stereocenters. The van der Waals surface area contributed by atoms with Gasteiger partial charge in [0, 0.05) is 41.4 Å². The SMILES string of the molecule is C[C@H]1[C@H](NC(=O)c2cc3c(-n4cccc4)csc3cn2)C2CCN1CC2. The first-order valence-electron chi connectivity index (χ1n) is 9.26. The van der Waals surface area contributed by atoms with E-state index in [9.17, 15) is 4.79 Å². The molecule has 0 spiro atoms. The molecule has 6 heterocycles. The highest BCUT2D eigenvalue weighted by atomic mass is 32.1. The second-order valence-electron chi connectivity index (χ2n) is 7.39.